The van der Waals surface area contributed by atoms with E-state index in [2.05, 4.69) is 4.72 Å². The van der Waals surface area contributed by atoms with Crippen LogP contribution < -0.4 is 9.83 Å². The number of thioether (sulfide) groups is 1. The number of sulfonamides is 1. The van der Waals surface area contributed by atoms with E-state index in [0.717, 1.165) is 5.56 Å². The molecule has 1 atom stereocenters. The van der Waals surface area contributed by atoms with Gasteiger partial charge in [0, 0.05) is 0 Å². The van der Waals surface area contributed by atoms with Gasteiger partial charge in [-0.25, -0.2) is 13.1 Å². The summed E-state index contributed by atoms with van der Waals surface area (Å²) in [5, 5.41) is 11.0. The van der Waals surface area contributed by atoms with E-state index in [1.54, 1.807) is 19.1 Å². The molecule has 0 unspecified atom stereocenters. The van der Waals surface area contributed by atoms with E-state index in [0.29, 0.717) is 11.3 Å². The quantitative estimate of drug-likeness (QED) is 0.789. The van der Waals surface area contributed by atoms with Crippen LogP contribution in [0.3, 0.4) is 0 Å². The minimum Gasteiger partial charge on any atom is -0.548 e. The molecule has 7 heteroatoms. The maximum Gasteiger partial charge on any atom is 0.241 e. The van der Waals surface area contributed by atoms with Gasteiger partial charge in [-0.2, -0.15) is 11.8 Å². The molecule has 1 N–H and O–H groups in total. The zero-order valence-corrected chi connectivity index (χ0v) is 13.3. The molecule has 0 saturated heterocycles. The van der Waals surface area contributed by atoms with Crippen molar-refractivity contribution in [2.45, 2.75) is 31.2 Å². The van der Waals surface area contributed by atoms with Gasteiger partial charge in [-0.15, -0.1) is 0 Å². The Balaban J connectivity index is 3.00. The molecule has 0 aliphatic carbocycles. The van der Waals surface area contributed by atoms with Crippen molar-refractivity contribution >= 4 is 27.8 Å². The molecule has 0 amide bonds. The predicted molar refractivity (Wildman–Crippen MR) is 78.0 cm³/mol. The van der Waals surface area contributed by atoms with E-state index < -0.39 is 22.0 Å². The number of carbonyl (C=O) groups excluding carboxylic acids is 1. The van der Waals surface area contributed by atoms with Crippen LogP contribution in [0.15, 0.2) is 23.1 Å². The Bertz CT molecular complexity index is 584. The van der Waals surface area contributed by atoms with Crippen molar-refractivity contribution in [3.05, 3.63) is 29.3 Å². The Labute approximate surface area is 123 Å². The second kappa shape index (κ2) is 7.10. The lowest BCUT2D eigenvalue weighted by atomic mass is 10.2. The van der Waals surface area contributed by atoms with Crippen molar-refractivity contribution in [2.24, 2.45) is 0 Å². The first-order valence-corrected chi connectivity index (χ1v) is 8.95. The van der Waals surface area contributed by atoms with E-state index in [-0.39, 0.29) is 11.3 Å². The smallest absolute Gasteiger partial charge is 0.241 e. The van der Waals surface area contributed by atoms with Gasteiger partial charge in [-0.1, -0.05) is 17.7 Å². The van der Waals surface area contributed by atoms with Crippen molar-refractivity contribution in [3.8, 4) is 0 Å². The first-order valence-electron chi connectivity index (χ1n) is 6.07. The molecule has 1 aromatic carbocycles. The van der Waals surface area contributed by atoms with Gasteiger partial charge in [0.1, 0.15) is 0 Å². The molecule has 0 radical (unpaired) electrons. The summed E-state index contributed by atoms with van der Waals surface area (Å²) >= 11 is 1.45. The van der Waals surface area contributed by atoms with Crippen LogP contribution in [-0.2, 0) is 14.8 Å². The van der Waals surface area contributed by atoms with Crippen molar-refractivity contribution in [1.29, 1.82) is 0 Å². The fraction of sp³-hybridized carbons (Fsp3) is 0.462. The summed E-state index contributed by atoms with van der Waals surface area (Å²) in [7, 11) is -3.86. The molecule has 0 saturated carbocycles. The molecule has 0 aliphatic rings. The third kappa shape index (κ3) is 4.50. The van der Waals surface area contributed by atoms with Crippen LogP contribution in [0.2, 0.25) is 0 Å². The number of aliphatic carboxylic acids is 1. The number of hydrogen-bond donors (Lipinski definition) is 1. The number of carboxylic acids is 1. The summed E-state index contributed by atoms with van der Waals surface area (Å²) in [6, 6.07) is 3.68. The monoisotopic (exact) mass is 316 g/mol. The first-order chi connectivity index (χ1) is 9.27. The molecule has 1 rings (SSSR count). The van der Waals surface area contributed by atoms with Crippen LogP contribution in [-0.4, -0.2) is 32.4 Å². The summed E-state index contributed by atoms with van der Waals surface area (Å²) in [4.78, 5) is 11.1. The Morgan fingerprint density at radius 1 is 1.40 bits per heavy atom. The topological polar surface area (TPSA) is 86.3 Å². The standard InChI is InChI=1S/C13H19NO4S2/c1-9-4-5-12(10(2)8-9)20(17,18)14-11(13(15)16)6-7-19-3/h4-5,8,11,14H,6-7H2,1-3H3,(H,15,16)/p-1/t11-/m1/s1. The lowest BCUT2D eigenvalue weighted by Crippen LogP contribution is -2.48. The van der Waals surface area contributed by atoms with Gasteiger partial charge >= 0.3 is 0 Å². The lowest BCUT2D eigenvalue weighted by molar-refractivity contribution is -0.308. The minimum absolute atomic E-state index is 0.0958. The van der Waals surface area contributed by atoms with E-state index in [1.807, 2.05) is 13.2 Å². The highest BCUT2D eigenvalue weighted by Gasteiger charge is 2.22. The highest BCUT2D eigenvalue weighted by atomic mass is 32.2. The average molecular weight is 316 g/mol. The summed E-state index contributed by atoms with van der Waals surface area (Å²) in [6.07, 6.45) is 2.01. The molecule has 0 aliphatic heterocycles. The Hall–Kier alpha value is -1.05. The van der Waals surface area contributed by atoms with Crippen molar-refractivity contribution < 1.29 is 18.3 Å². The SMILES string of the molecule is CSCC[C@@H](NS(=O)(=O)c1ccc(C)cc1C)C(=O)[O-]. The van der Waals surface area contributed by atoms with Crippen LogP contribution in [0.4, 0.5) is 0 Å². The molecule has 0 spiro atoms. The van der Waals surface area contributed by atoms with E-state index >= 15 is 0 Å². The fourth-order valence-corrected chi connectivity index (χ4v) is 3.73. The fourth-order valence-electron chi connectivity index (χ4n) is 1.81. The van der Waals surface area contributed by atoms with Crippen LogP contribution >= 0.6 is 11.8 Å². The van der Waals surface area contributed by atoms with E-state index in [1.165, 1.54) is 17.8 Å². The number of carbonyl (C=O) groups is 1. The summed E-state index contributed by atoms with van der Waals surface area (Å²) in [5.74, 6) is -0.874. The van der Waals surface area contributed by atoms with Crippen molar-refractivity contribution in [1.82, 2.24) is 4.72 Å². The average Bonchev–Trinajstić information content (AvgIpc) is 2.33. The number of rotatable bonds is 7. The summed E-state index contributed by atoms with van der Waals surface area (Å²) < 4.78 is 26.7. The number of hydrogen-bond acceptors (Lipinski definition) is 5. The molecule has 0 bridgehead atoms. The lowest BCUT2D eigenvalue weighted by Gasteiger charge is -2.20. The molecule has 20 heavy (non-hydrogen) atoms. The molecule has 112 valence electrons. The number of benzene rings is 1. The van der Waals surface area contributed by atoms with Gasteiger partial charge in [-0.3, -0.25) is 0 Å². The van der Waals surface area contributed by atoms with Crippen LogP contribution in [0.5, 0.6) is 0 Å². The Morgan fingerprint density at radius 2 is 2.05 bits per heavy atom. The number of carboxylic acid groups (broad SMARTS) is 1. The minimum atomic E-state index is -3.86. The number of aryl methyl sites for hydroxylation is 2. The van der Waals surface area contributed by atoms with Gasteiger partial charge in [-0.05, 0) is 43.9 Å². The van der Waals surface area contributed by atoms with E-state index in [4.69, 9.17) is 0 Å². The maximum absolute atomic E-state index is 12.2. The largest absolute Gasteiger partial charge is 0.548 e. The highest BCUT2D eigenvalue weighted by Crippen LogP contribution is 2.17. The Morgan fingerprint density at radius 3 is 2.55 bits per heavy atom. The van der Waals surface area contributed by atoms with Gasteiger partial charge in [0.25, 0.3) is 0 Å². The van der Waals surface area contributed by atoms with Gasteiger partial charge in [0.2, 0.25) is 10.0 Å². The summed E-state index contributed by atoms with van der Waals surface area (Å²) in [6.45, 7) is 3.54. The second-order valence-electron chi connectivity index (χ2n) is 4.54. The maximum atomic E-state index is 12.2. The highest BCUT2D eigenvalue weighted by molar-refractivity contribution is 7.98. The molecule has 0 heterocycles. The van der Waals surface area contributed by atoms with Crippen LogP contribution in [0.1, 0.15) is 17.5 Å². The third-order valence-corrected chi connectivity index (χ3v) is 5.09. The first kappa shape index (κ1) is 17.0. The second-order valence-corrected chi connectivity index (χ2v) is 7.21. The van der Waals surface area contributed by atoms with Crippen LogP contribution in [0, 0.1) is 13.8 Å². The predicted octanol–water partition coefficient (Wildman–Crippen LogP) is 0.453. The Kier molecular flexibility index (Phi) is 6.04. The van der Waals surface area contributed by atoms with Gasteiger partial charge < -0.3 is 9.90 Å². The molecular formula is C13H18NO4S2-. The van der Waals surface area contributed by atoms with E-state index in [9.17, 15) is 18.3 Å². The molecule has 5 nitrogen and oxygen atoms in total. The molecule has 1 aromatic rings. The van der Waals surface area contributed by atoms with Gasteiger partial charge in [0.05, 0.1) is 16.9 Å². The number of nitrogens with one attached hydrogen (secondary N) is 1. The third-order valence-electron chi connectivity index (χ3n) is 2.81. The van der Waals surface area contributed by atoms with Crippen molar-refractivity contribution in [3.63, 3.8) is 0 Å². The molecule has 0 aromatic heterocycles. The molecule has 0 fully saturated rings. The van der Waals surface area contributed by atoms with Gasteiger partial charge in [0.15, 0.2) is 0 Å². The normalized spacial score (nSPS) is 13.2. The van der Waals surface area contributed by atoms with Crippen LogP contribution in [0.25, 0.3) is 0 Å². The van der Waals surface area contributed by atoms with Crippen molar-refractivity contribution in [2.75, 3.05) is 12.0 Å². The molecular weight excluding hydrogens is 298 g/mol. The zero-order chi connectivity index (χ0) is 15.3. The zero-order valence-electron chi connectivity index (χ0n) is 11.7. The summed E-state index contributed by atoms with van der Waals surface area (Å²) in [5.41, 5.74) is 1.53.